The summed E-state index contributed by atoms with van der Waals surface area (Å²) in [5, 5.41) is 5.62. The van der Waals surface area contributed by atoms with Crippen molar-refractivity contribution in [1.29, 1.82) is 0 Å². The molecular formula is C28H31N3O4S. The maximum Gasteiger partial charge on any atom is 0.338 e. The van der Waals surface area contributed by atoms with Gasteiger partial charge in [0.2, 0.25) is 5.91 Å². The highest BCUT2D eigenvalue weighted by Crippen LogP contribution is 2.48. The molecule has 8 heteroatoms. The van der Waals surface area contributed by atoms with Gasteiger partial charge in [-0.15, -0.1) is 0 Å². The second-order valence-corrected chi connectivity index (χ2v) is 9.70. The Morgan fingerprint density at radius 2 is 1.83 bits per heavy atom. The zero-order valence-corrected chi connectivity index (χ0v) is 21.8. The number of hydrogen-bond acceptors (Lipinski definition) is 7. The van der Waals surface area contributed by atoms with Crippen LogP contribution in [0.5, 0.6) is 5.75 Å². The predicted molar refractivity (Wildman–Crippen MR) is 143 cm³/mol. The van der Waals surface area contributed by atoms with E-state index in [2.05, 4.69) is 19.2 Å². The highest BCUT2D eigenvalue weighted by molar-refractivity contribution is 8.16. The Bertz CT molecular complexity index is 1220. The normalized spacial score (nSPS) is 16.9. The van der Waals surface area contributed by atoms with Gasteiger partial charge in [-0.05, 0) is 24.3 Å². The van der Waals surface area contributed by atoms with E-state index in [4.69, 9.17) is 14.5 Å². The second kappa shape index (κ2) is 11.5. The zero-order valence-electron chi connectivity index (χ0n) is 21.0. The van der Waals surface area contributed by atoms with Gasteiger partial charge >= 0.3 is 5.97 Å². The summed E-state index contributed by atoms with van der Waals surface area (Å²) in [5.74, 6) is 0.459. The number of amides is 1. The van der Waals surface area contributed by atoms with Crippen molar-refractivity contribution in [2.45, 2.75) is 33.2 Å². The van der Waals surface area contributed by atoms with E-state index in [0.29, 0.717) is 34.6 Å². The van der Waals surface area contributed by atoms with E-state index in [-0.39, 0.29) is 18.9 Å². The van der Waals surface area contributed by atoms with Gasteiger partial charge in [0, 0.05) is 23.4 Å². The highest BCUT2D eigenvalue weighted by atomic mass is 32.2. The topological polar surface area (TPSA) is 80.2 Å². The van der Waals surface area contributed by atoms with Crippen molar-refractivity contribution < 1.29 is 19.1 Å². The van der Waals surface area contributed by atoms with Crippen LogP contribution in [0.1, 0.15) is 44.4 Å². The number of fused-ring (bicyclic) bond motifs is 1. The SMILES string of the molecule is CCOC(=O)C1=C(c2ccccc2)N=C2SC=C(CC(=O)NCC(C)C)N2[C@@H]1c1ccccc1OC. The first-order valence-corrected chi connectivity index (χ1v) is 12.9. The Balaban J connectivity index is 1.86. The van der Waals surface area contributed by atoms with Crippen molar-refractivity contribution in [3.63, 3.8) is 0 Å². The lowest BCUT2D eigenvalue weighted by Gasteiger charge is -2.37. The molecule has 1 atom stereocenters. The molecule has 2 aliphatic rings. The molecule has 188 valence electrons. The van der Waals surface area contributed by atoms with Crippen molar-refractivity contribution in [1.82, 2.24) is 10.2 Å². The number of hydrogen-bond donors (Lipinski definition) is 1. The Morgan fingerprint density at radius 1 is 1.11 bits per heavy atom. The van der Waals surface area contributed by atoms with E-state index in [1.165, 1.54) is 11.8 Å². The Morgan fingerprint density at radius 3 is 2.53 bits per heavy atom. The van der Waals surface area contributed by atoms with Crippen molar-refractivity contribution >= 4 is 34.5 Å². The Hall–Kier alpha value is -3.52. The number of para-hydroxylation sites is 1. The molecule has 2 aromatic carbocycles. The van der Waals surface area contributed by atoms with Crippen LogP contribution in [0.3, 0.4) is 0 Å². The molecule has 1 amide bonds. The third-order valence-corrected chi connectivity index (χ3v) is 6.72. The highest BCUT2D eigenvalue weighted by Gasteiger charge is 2.43. The number of carbonyl (C=O) groups excluding carboxylic acids is 2. The monoisotopic (exact) mass is 505 g/mol. The van der Waals surface area contributed by atoms with Crippen LogP contribution in [-0.2, 0) is 14.3 Å². The van der Waals surface area contributed by atoms with Gasteiger partial charge in [-0.2, -0.15) is 0 Å². The number of carbonyl (C=O) groups is 2. The molecule has 4 rings (SSSR count). The summed E-state index contributed by atoms with van der Waals surface area (Å²) in [4.78, 5) is 33.2. The summed E-state index contributed by atoms with van der Waals surface area (Å²) in [7, 11) is 1.61. The van der Waals surface area contributed by atoms with E-state index in [1.807, 2.05) is 64.9 Å². The first-order chi connectivity index (χ1) is 17.4. The van der Waals surface area contributed by atoms with Crippen LogP contribution in [0.4, 0.5) is 0 Å². The minimum absolute atomic E-state index is 0.0777. The molecule has 36 heavy (non-hydrogen) atoms. The number of nitrogens with zero attached hydrogens (tertiary/aromatic N) is 2. The van der Waals surface area contributed by atoms with Gasteiger partial charge in [-0.3, -0.25) is 4.79 Å². The van der Waals surface area contributed by atoms with E-state index in [0.717, 1.165) is 16.8 Å². The van der Waals surface area contributed by atoms with Crippen LogP contribution in [0, 0.1) is 5.92 Å². The zero-order chi connectivity index (χ0) is 25.7. The number of amidine groups is 1. The quantitative estimate of drug-likeness (QED) is 0.476. The Labute approximate surface area is 216 Å². The summed E-state index contributed by atoms with van der Waals surface area (Å²) < 4.78 is 11.3. The molecule has 0 radical (unpaired) electrons. The molecule has 0 bridgehead atoms. The van der Waals surface area contributed by atoms with Crippen LogP contribution in [-0.4, -0.2) is 42.2 Å². The Kier molecular flexibility index (Phi) is 8.15. The van der Waals surface area contributed by atoms with E-state index in [9.17, 15) is 9.59 Å². The second-order valence-electron chi connectivity index (χ2n) is 8.86. The van der Waals surface area contributed by atoms with Crippen molar-refractivity contribution in [2.75, 3.05) is 20.3 Å². The number of nitrogens with one attached hydrogen (secondary N) is 1. The van der Waals surface area contributed by atoms with E-state index >= 15 is 0 Å². The molecule has 0 saturated heterocycles. The van der Waals surface area contributed by atoms with Gasteiger partial charge in [-0.25, -0.2) is 9.79 Å². The molecular weight excluding hydrogens is 474 g/mol. The van der Waals surface area contributed by atoms with Crippen LogP contribution in [0.15, 0.2) is 76.3 Å². The number of ether oxygens (including phenoxy) is 2. The molecule has 0 saturated carbocycles. The average Bonchev–Trinajstić information content (AvgIpc) is 3.29. The first-order valence-electron chi connectivity index (χ1n) is 12.0. The van der Waals surface area contributed by atoms with Gasteiger partial charge in [0.1, 0.15) is 5.75 Å². The number of rotatable bonds is 9. The molecule has 0 fully saturated rings. The fraction of sp³-hybridized carbons (Fsp3) is 0.321. The largest absolute Gasteiger partial charge is 0.496 e. The summed E-state index contributed by atoms with van der Waals surface area (Å²) in [6.07, 6.45) is 0.168. The summed E-state index contributed by atoms with van der Waals surface area (Å²) >= 11 is 1.44. The van der Waals surface area contributed by atoms with Gasteiger partial charge in [0.05, 0.1) is 37.4 Å². The number of aliphatic imine (C=N–C) groups is 1. The number of methoxy groups -OCH3 is 1. The predicted octanol–water partition coefficient (Wildman–Crippen LogP) is 5.13. The van der Waals surface area contributed by atoms with Gasteiger partial charge in [0.15, 0.2) is 5.17 Å². The van der Waals surface area contributed by atoms with Crippen LogP contribution in [0.25, 0.3) is 5.70 Å². The fourth-order valence-corrected chi connectivity index (χ4v) is 5.14. The molecule has 1 N–H and O–H groups in total. The number of benzene rings is 2. The molecule has 2 heterocycles. The van der Waals surface area contributed by atoms with Crippen molar-refractivity contribution in [3.8, 4) is 5.75 Å². The summed E-state index contributed by atoms with van der Waals surface area (Å²) in [6, 6.07) is 16.6. The lowest BCUT2D eigenvalue weighted by Crippen LogP contribution is -2.38. The molecule has 7 nitrogen and oxygen atoms in total. The standard InChI is InChI=1S/C28H31N3O4S/c1-5-35-27(33)24-25(19-11-7-6-8-12-19)30-28-31(26(24)21-13-9-10-14-22(21)34-4)20(17-36-28)15-23(32)29-16-18(2)3/h6-14,17-18,26H,5,15-16H2,1-4H3,(H,29,32)/t26-/m1/s1. The molecule has 2 aromatic rings. The van der Waals surface area contributed by atoms with Crippen molar-refractivity contribution in [2.24, 2.45) is 10.9 Å². The van der Waals surface area contributed by atoms with E-state index in [1.54, 1.807) is 14.0 Å². The average molecular weight is 506 g/mol. The molecule has 2 aliphatic heterocycles. The third-order valence-electron chi connectivity index (χ3n) is 5.84. The smallest absolute Gasteiger partial charge is 0.338 e. The minimum Gasteiger partial charge on any atom is -0.496 e. The molecule has 0 aliphatic carbocycles. The number of thioether (sulfide) groups is 1. The minimum atomic E-state index is -0.581. The lowest BCUT2D eigenvalue weighted by molar-refractivity contribution is -0.139. The van der Waals surface area contributed by atoms with Crippen LogP contribution in [0.2, 0.25) is 0 Å². The van der Waals surface area contributed by atoms with Crippen LogP contribution < -0.4 is 10.1 Å². The number of esters is 1. The first kappa shape index (κ1) is 25.6. The van der Waals surface area contributed by atoms with Crippen molar-refractivity contribution in [3.05, 3.63) is 82.4 Å². The van der Waals surface area contributed by atoms with Crippen LogP contribution >= 0.6 is 11.8 Å². The van der Waals surface area contributed by atoms with Gasteiger partial charge in [-0.1, -0.05) is 74.1 Å². The van der Waals surface area contributed by atoms with E-state index < -0.39 is 12.0 Å². The third kappa shape index (κ3) is 5.33. The molecule has 0 spiro atoms. The molecule has 0 aromatic heterocycles. The summed E-state index contributed by atoms with van der Waals surface area (Å²) in [6.45, 7) is 6.72. The maximum atomic E-state index is 13.5. The molecule has 0 unspecified atom stereocenters. The fourth-order valence-electron chi connectivity index (χ4n) is 4.22. The maximum absolute atomic E-state index is 13.5. The summed E-state index contributed by atoms with van der Waals surface area (Å²) in [5.41, 5.74) is 3.34. The van der Waals surface area contributed by atoms with Gasteiger partial charge in [0.25, 0.3) is 0 Å². The van der Waals surface area contributed by atoms with Gasteiger partial charge < -0.3 is 19.7 Å². The lowest BCUT2D eigenvalue weighted by atomic mass is 9.91.